The molecule has 0 aliphatic carbocycles. The first-order valence-electron chi connectivity index (χ1n) is 9.48. The van der Waals surface area contributed by atoms with Gasteiger partial charge in [-0.15, -0.1) is 17.9 Å². The minimum absolute atomic E-state index is 0.0831. The van der Waals surface area contributed by atoms with Gasteiger partial charge in [-0.2, -0.15) is 0 Å². The van der Waals surface area contributed by atoms with E-state index < -0.39 is 5.92 Å². The topological polar surface area (TPSA) is 76.3 Å². The number of hydrogen-bond donors (Lipinski definition) is 0. The lowest BCUT2D eigenvalue weighted by molar-refractivity contribution is -0.480. The summed E-state index contributed by atoms with van der Waals surface area (Å²) in [5.74, 6) is -0.482. The molecule has 1 fully saturated rings. The monoisotopic (exact) mass is 387 g/mol. The number of carbonyl (C=O) groups excluding carboxylic acids is 1. The molecule has 1 aliphatic heterocycles. The predicted octanol–water partition coefficient (Wildman–Crippen LogP) is 4.25. The van der Waals surface area contributed by atoms with E-state index in [4.69, 9.17) is 4.98 Å². The molecule has 6 nitrogen and oxygen atoms in total. The minimum atomic E-state index is -0.412. The molecule has 0 radical (unpaired) electrons. The maximum Gasteiger partial charge on any atom is 0.233 e. The van der Waals surface area contributed by atoms with Crippen molar-refractivity contribution in [1.82, 2.24) is 9.88 Å². The van der Waals surface area contributed by atoms with E-state index in [1.165, 1.54) is 0 Å². The number of benzene rings is 1. The van der Waals surface area contributed by atoms with Crippen LogP contribution in [0.25, 0.3) is 10.2 Å². The second-order valence-electron chi connectivity index (χ2n) is 6.98. The number of aromatic nitrogens is 1. The zero-order valence-corrected chi connectivity index (χ0v) is 16.2. The lowest BCUT2D eigenvalue weighted by atomic mass is 9.87. The molecule has 0 N–H and O–H groups in total. The molecule has 1 aromatic carbocycles. The smallest absolute Gasteiger partial charge is 0.233 e. The molecule has 144 valence electrons. The SMILES string of the molecule is C=C[C@H](CCC[N+](=O)[O-])[C@H](C(=O)N1CCCCC1)c1nc2ccccc2s1. The van der Waals surface area contributed by atoms with Gasteiger partial charge in [-0.05, 0) is 43.7 Å². The van der Waals surface area contributed by atoms with E-state index in [-0.39, 0.29) is 23.3 Å². The Morgan fingerprint density at radius 3 is 2.74 bits per heavy atom. The highest BCUT2D eigenvalue weighted by Gasteiger charge is 2.34. The number of nitrogens with zero attached hydrogens (tertiary/aromatic N) is 3. The molecule has 2 heterocycles. The van der Waals surface area contributed by atoms with E-state index in [9.17, 15) is 14.9 Å². The van der Waals surface area contributed by atoms with Crippen LogP contribution in [0.4, 0.5) is 0 Å². The van der Waals surface area contributed by atoms with E-state index in [0.29, 0.717) is 12.8 Å². The molecule has 0 saturated carbocycles. The van der Waals surface area contributed by atoms with E-state index in [0.717, 1.165) is 47.6 Å². The van der Waals surface area contributed by atoms with Crippen molar-refractivity contribution < 1.29 is 9.72 Å². The highest BCUT2D eigenvalue weighted by Crippen LogP contribution is 2.36. The van der Waals surface area contributed by atoms with Crippen LogP contribution in [-0.2, 0) is 4.79 Å². The van der Waals surface area contributed by atoms with Crippen LogP contribution in [0.15, 0.2) is 36.9 Å². The maximum atomic E-state index is 13.4. The Morgan fingerprint density at radius 2 is 2.07 bits per heavy atom. The second kappa shape index (κ2) is 9.08. The molecule has 2 atom stereocenters. The number of rotatable bonds is 8. The number of amides is 1. The van der Waals surface area contributed by atoms with Gasteiger partial charge in [0.1, 0.15) is 5.01 Å². The summed E-state index contributed by atoms with van der Waals surface area (Å²) in [5, 5.41) is 11.5. The number of hydrogen-bond acceptors (Lipinski definition) is 5. The molecule has 0 spiro atoms. The van der Waals surface area contributed by atoms with Gasteiger partial charge in [0.25, 0.3) is 0 Å². The van der Waals surface area contributed by atoms with Crippen molar-refractivity contribution in [2.45, 2.75) is 38.0 Å². The van der Waals surface area contributed by atoms with E-state index in [1.54, 1.807) is 17.4 Å². The van der Waals surface area contributed by atoms with Gasteiger partial charge in [0.2, 0.25) is 12.5 Å². The van der Waals surface area contributed by atoms with Gasteiger partial charge in [0.15, 0.2) is 0 Å². The summed E-state index contributed by atoms with van der Waals surface area (Å²) >= 11 is 1.54. The highest BCUT2D eigenvalue weighted by atomic mass is 32.1. The van der Waals surface area contributed by atoms with Crippen LogP contribution in [0.1, 0.15) is 43.0 Å². The van der Waals surface area contributed by atoms with E-state index in [1.807, 2.05) is 29.2 Å². The lowest BCUT2D eigenvalue weighted by Crippen LogP contribution is -2.40. The summed E-state index contributed by atoms with van der Waals surface area (Å²) in [6, 6.07) is 7.87. The van der Waals surface area contributed by atoms with Crippen molar-refractivity contribution in [2.75, 3.05) is 19.6 Å². The summed E-state index contributed by atoms with van der Waals surface area (Å²) in [5.41, 5.74) is 0.891. The van der Waals surface area contributed by atoms with Gasteiger partial charge in [-0.25, -0.2) is 4.98 Å². The Kier molecular flexibility index (Phi) is 6.55. The third-order valence-corrected chi connectivity index (χ3v) is 6.24. The third-order valence-electron chi connectivity index (χ3n) is 5.12. The molecule has 7 heteroatoms. The Hall–Kier alpha value is -2.28. The van der Waals surface area contributed by atoms with Crippen LogP contribution in [-0.4, -0.2) is 40.3 Å². The summed E-state index contributed by atoms with van der Waals surface area (Å²) in [6.07, 6.45) is 5.97. The summed E-state index contributed by atoms with van der Waals surface area (Å²) < 4.78 is 1.05. The molecular weight excluding hydrogens is 362 g/mol. The zero-order valence-electron chi connectivity index (χ0n) is 15.4. The van der Waals surface area contributed by atoms with Crippen molar-refractivity contribution in [2.24, 2.45) is 5.92 Å². The third kappa shape index (κ3) is 4.71. The lowest BCUT2D eigenvalue weighted by Gasteiger charge is -2.32. The largest absolute Gasteiger partial charge is 0.342 e. The molecule has 2 aromatic rings. The fourth-order valence-electron chi connectivity index (χ4n) is 3.68. The van der Waals surface area contributed by atoms with Gasteiger partial charge in [-0.3, -0.25) is 14.9 Å². The Morgan fingerprint density at radius 1 is 1.33 bits per heavy atom. The first-order valence-corrected chi connectivity index (χ1v) is 10.3. The molecule has 1 amide bonds. The molecule has 0 unspecified atom stereocenters. The number of allylic oxidation sites excluding steroid dienone is 1. The molecule has 27 heavy (non-hydrogen) atoms. The first kappa shape index (κ1) is 19.5. The van der Waals surface area contributed by atoms with Crippen molar-refractivity contribution in [3.63, 3.8) is 0 Å². The molecular formula is C20H25N3O3S. The average molecular weight is 388 g/mol. The van der Waals surface area contributed by atoms with Crippen molar-refractivity contribution in [3.05, 3.63) is 52.0 Å². The normalized spacial score (nSPS) is 16.8. The molecule has 3 rings (SSSR count). The Balaban J connectivity index is 1.90. The minimum Gasteiger partial charge on any atom is -0.342 e. The maximum absolute atomic E-state index is 13.4. The molecule has 1 saturated heterocycles. The number of thiazole rings is 1. The van der Waals surface area contributed by atoms with Crippen molar-refractivity contribution in [3.8, 4) is 0 Å². The van der Waals surface area contributed by atoms with Crippen LogP contribution in [0.3, 0.4) is 0 Å². The van der Waals surface area contributed by atoms with E-state index in [2.05, 4.69) is 6.58 Å². The highest BCUT2D eigenvalue weighted by molar-refractivity contribution is 7.18. The van der Waals surface area contributed by atoms with Crippen molar-refractivity contribution in [1.29, 1.82) is 0 Å². The van der Waals surface area contributed by atoms with Crippen molar-refractivity contribution >= 4 is 27.5 Å². The molecule has 1 aliphatic rings. The van der Waals surface area contributed by atoms with Gasteiger partial charge in [0.05, 0.1) is 16.1 Å². The number of para-hydroxylation sites is 1. The fraction of sp³-hybridized carbons (Fsp3) is 0.500. The number of likely N-dealkylation sites (tertiary alicyclic amines) is 1. The summed E-state index contributed by atoms with van der Waals surface area (Å²) in [6.45, 7) is 5.39. The van der Waals surface area contributed by atoms with Crippen LogP contribution >= 0.6 is 11.3 Å². The average Bonchev–Trinajstić information content (AvgIpc) is 3.10. The van der Waals surface area contributed by atoms with Gasteiger partial charge in [0, 0.05) is 24.4 Å². The number of nitro groups is 1. The number of carbonyl (C=O) groups is 1. The Labute approximate surface area is 163 Å². The summed E-state index contributed by atoms with van der Waals surface area (Å²) in [4.78, 5) is 30.4. The van der Waals surface area contributed by atoms with Gasteiger partial charge >= 0.3 is 0 Å². The van der Waals surface area contributed by atoms with Crippen LogP contribution < -0.4 is 0 Å². The number of fused-ring (bicyclic) bond motifs is 1. The Bertz CT molecular complexity index is 781. The van der Waals surface area contributed by atoms with Gasteiger partial charge < -0.3 is 4.90 Å². The van der Waals surface area contributed by atoms with Gasteiger partial charge in [-0.1, -0.05) is 18.2 Å². The quantitative estimate of drug-likeness (QED) is 0.385. The second-order valence-corrected chi connectivity index (χ2v) is 8.04. The van der Waals surface area contributed by atoms with Crippen LogP contribution in [0.2, 0.25) is 0 Å². The summed E-state index contributed by atoms with van der Waals surface area (Å²) in [7, 11) is 0. The standard InChI is InChI=1S/C20H25N3O3S/c1-2-15(9-8-14-23(25)26)18(20(24)22-12-6-3-7-13-22)19-21-16-10-4-5-11-17(16)27-19/h2,4-5,10-11,15,18H,1,3,6-9,12-14H2/t15-,18+/m1/s1. The fourth-order valence-corrected chi connectivity index (χ4v) is 4.82. The zero-order chi connectivity index (χ0) is 19.2. The number of piperidine rings is 1. The molecule has 0 bridgehead atoms. The van der Waals surface area contributed by atoms with Crippen LogP contribution in [0, 0.1) is 16.0 Å². The predicted molar refractivity (Wildman–Crippen MR) is 108 cm³/mol. The first-order chi connectivity index (χ1) is 13.1. The van der Waals surface area contributed by atoms with Crippen LogP contribution in [0.5, 0.6) is 0 Å². The molecule has 1 aromatic heterocycles. The van der Waals surface area contributed by atoms with E-state index >= 15 is 0 Å².